The topological polar surface area (TPSA) is 12.9 Å². The summed E-state index contributed by atoms with van der Waals surface area (Å²) in [5.41, 5.74) is 1.09. The molecule has 0 bridgehead atoms. The molecular formula is C15H9B2N. The maximum absolute atomic E-state index is 4.43. The summed E-state index contributed by atoms with van der Waals surface area (Å²) in [6.45, 7) is 0. The Bertz CT molecular complexity index is 681. The van der Waals surface area contributed by atoms with E-state index >= 15 is 0 Å². The summed E-state index contributed by atoms with van der Waals surface area (Å²) in [5.74, 6) is 0. The van der Waals surface area contributed by atoms with Crippen molar-refractivity contribution in [3.8, 4) is 0 Å². The summed E-state index contributed by atoms with van der Waals surface area (Å²) in [4.78, 5) is 4.43. The van der Waals surface area contributed by atoms with Gasteiger partial charge in [-0.2, -0.15) is 0 Å². The molecule has 0 aliphatic carbocycles. The van der Waals surface area contributed by atoms with E-state index in [1.54, 1.807) is 0 Å². The zero-order valence-corrected chi connectivity index (χ0v) is 9.80. The minimum absolute atomic E-state index is 0. The molecule has 80 valence electrons. The van der Waals surface area contributed by atoms with E-state index in [0.29, 0.717) is 0 Å². The second kappa shape index (κ2) is 4.34. The molecule has 0 saturated carbocycles. The van der Waals surface area contributed by atoms with Crippen molar-refractivity contribution in [3.05, 3.63) is 54.7 Å². The number of aromatic nitrogens is 1. The lowest BCUT2D eigenvalue weighted by Crippen LogP contribution is -1.84. The van der Waals surface area contributed by atoms with Crippen molar-refractivity contribution in [2.24, 2.45) is 0 Å². The number of hydrogen-bond donors (Lipinski definition) is 0. The average Bonchev–Trinajstić information content (AvgIpc) is 2.36. The van der Waals surface area contributed by atoms with Crippen LogP contribution in [0.3, 0.4) is 0 Å². The SMILES string of the molecule is [B].[B].c1cc2ccc3ccnc4ccc(c1)c2c34. The van der Waals surface area contributed by atoms with E-state index in [-0.39, 0.29) is 16.8 Å². The first-order chi connectivity index (χ1) is 7.93. The summed E-state index contributed by atoms with van der Waals surface area (Å²) in [6, 6.07) is 17.1. The summed E-state index contributed by atoms with van der Waals surface area (Å²) in [7, 11) is 0. The largest absolute Gasteiger partial charge is 0.256 e. The highest BCUT2D eigenvalue weighted by Gasteiger charge is 2.06. The number of hydrogen-bond acceptors (Lipinski definition) is 1. The third-order valence-corrected chi connectivity index (χ3v) is 3.25. The fourth-order valence-corrected chi connectivity index (χ4v) is 2.53. The monoisotopic (exact) mass is 225 g/mol. The van der Waals surface area contributed by atoms with Gasteiger partial charge in [0.15, 0.2) is 0 Å². The molecule has 0 amide bonds. The molecule has 0 N–H and O–H groups in total. The van der Waals surface area contributed by atoms with E-state index in [9.17, 15) is 0 Å². The van der Waals surface area contributed by atoms with Crippen LogP contribution >= 0.6 is 0 Å². The molecular weight excluding hydrogens is 216 g/mol. The zero-order chi connectivity index (χ0) is 10.5. The molecule has 3 aromatic carbocycles. The smallest absolute Gasteiger partial charge is 0.0714 e. The molecule has 18 heavy (non-hydrogen) atoms. The van der Waals surface area contributed by atoms with Gasteiger partial charge in [0.2, 0.25) is 0 Å². The lowest BCUT2D eigenvalue weighted by molar-refractivity contribution is 1.43. The van der Waals surface area contributed by atoms with Gasteiger partial charge in [-0.15, -0.1) is 0 Å². The van der Waals surface area contributed by atoms with E-state index in [0.717, 1.165) is 5.52 Å². The lowest BCUT2D eigenvalue weighted by Gasteiger charge is -2.08. The Morgan fingerprint density at radius 2 is 1.22 bits per heavy atom. The first-order valence-electron chi connectivity index (χ1n) is 5.42. The van der Waals surface area contributed by atoms with Crippen LogP contribution in [0.1, 0.15) is 0 Å². The van der Waals surface area contributed by atoms with Gasteiger partial charge in [0, 0.05) is 28.4 Å². The summed E-state index contributed by atoms with van der Waals surface area (Å²) < 4.78 is 0. The van der Waals surface area contributed by atoms with Crippen molar-refractivity contribution in [2.45, 2.75) is 0 Å². The Morgan fingerprint density at radius 3 is 1.94 bits per heavy atom. The first-order valence-corrected chi connectivity index (χ1v) is 5.42. The van der Waals surface area contributed by atoms with Gasteiger partial charge in [-0.05, 0) is 33.7 Å². The van der Waals surface area contributed by atoms with E-state index in [2.05, 4.69) is 53.5 Å². The quantitative estimate of drug-likeness (QED) is 0.330. The van der Waals surface area contributed by atoms with Gasteiger partial charge >= 0.3 is 0 Å². The number of rotatable bonds is 0. The number of pyridine rings is 1. The molecule has 1 aromatic heterocycles. The molecule has 6 radical (unpaired) electrons. The standard InChI is InChI=1S/C15H9N.2B/c1-2-10-4-5-12-8-9-16-13-7-6-11(3-1)14(10)15(12)13;;/h1-9H;;. The molecule has 4 aromatic rings. The van der Waals surface area contributed by atoms with Crippen LogP contribution in [-0.4, -0.2) is 21.8 Å². The Kier molecular flexibility index (Phi) is 3.00. The fraction of sp³-hybridized carbons (Fsp3) is 0. The second-order valence-electron chi connectivity index (χ2n) is 4.14. The maximum atomic E-state index is 4.43. The van der Waals surface area contributed by atoms with Gasteiger partial charge in [0.25, 0.3) is 0 Å². The van der Waals surface area contributed by atoms with E-state index < -0.39 is 0 Å². The molecule has 3 heteroatoms. The molecule has 0 fully saturated rings. The van der Waals surface area contributed by atoms with Gasteiger partial charge in [0.1, 0.15) is 0 Å². The van der Waals surface area contributed by atoms with Crippen LogP contribution in [0, 0.1) is 0 Å². The van der Waals surface area contributed by atoms with Crippen LogP contribution in [0.15, 0.2) is 54.7 Å². The van der Waals surface area contributed by atoms with Crippen molar-refractivity contribution in [3.63, 3.8) is 0 Å². The highest BCUT2D eigenvalue weighted by molar-refractivity contribution is 6.21. The molecule has 4 rings (SSSR count). The van der Waals surface area contributed by atoms with Crippen molar-refractivity contribution in [2.75, 3.05) is 0 Å². The lowest BCUT2D eigenvalue weighted by atomic mass is 9.97. The predicted octanol–water partition coefficient (Wildman–Crippen LogP) is 3.22. The van der Waals surface area contributed by atoms with Gasteiger partial charge in [0.05, 0.1) is 5.52 Å². The first kappa shape index (κ1) is 12.4. The van der Waals surface area contributed by atoms with Crippen LogP contribution in [0.5, 0.6) is 0 Å². The third-order valence-electron chi connectivity index (χ3n) is 3.25. The van der Waals surface area contributed by atoms with E-state index in [4.69, 9.17) is 0 Å². The highest BCUT2D eigenvalue weighted by Crippen LogP contribution is 2.32. The molecule has 0 aliphatic rings. The minimum atomic E-state index is 0. The van der Waals surface area contributed by atoms with E-state index in [1.165, 1.54) is 26.9 Å². The van der Waals surface area contributed by atoms with Crippen LogP contribution in [0.4, 0.5) is 0 Å². The highest BCUT2D eigenvalue weighted by atomic mass is 14.6. The van der Waals surface area contributed by atoms with E-state index in [1.807, 2.05) is 6.20 Å². The normalized spacial score (nSPS) is 10.4. The van der Waals surface area contributed by atoms with Crippen LogP contribution in [-0.2, 0) is 0 Å². The van der Waals surface area contributed by atoms with Gasteiger partial charge in [-0.25, -0.2) is 0 Å². The molecule has 1 heterocycles. The molecule has 0 saturated heterocycles. The number of nitrogens with zero attached hydrogens (tertiary/aromatic N) is 1. The molecule has 1 nitrogen and oxygen atoms in total. The summed E-state index contributed by atoms with van der Waals surface area (Å²) in [5, 5.41) is 6.49. The van der Waals surface area contributed by atoms with Crippen molar-refractivity contribution in [1.82, 2.24) is 4.98 Å². The predicted molar refractivity (Wildman–Crippen MR) is 79.4 cm³/mol. The Hall–Kier alpha value is -2.02. The van der Waals surface area contributed by atoms with Gasteiger partial charge < -0.3 is 0 Å². The summed E-state index contributed by atoms with van der Waals surface area (Å²) in [6.07, 6.45) is 1.88. The fourth-order valence-electron chi connectivity index (χ4n) is 2.53. The average molecular weight is 225 g/mol. The third kappa shape index (κ3) is 1.47. The number of benzene rings is 3. The minimum Gasteiger partial charge on any atom is -0.256 e. The second-order valence-corrected chi connectivity index (χ2v) is 4.14. The van der Waals surface area contributed by atoms with Crippen LogP contribution < -0.4 is 0 Å². The van der Waals surface area contributed by atoms with Crippen LogP contribution in [0.2, 0.25) is 0 Å². The molecule has 0 atom stereocenters. The Balaban J connectivity index is 0.000000602. The molecule has 0 unspecified atom stereocenters. The molecule has 0 aliphatic heterocycles. The zero-order valence-electron chi connectivity index (χ0n) is 9.80. The van der Waals surface area contributed by atoms with Gasteiger partial charge in [-0.1, -0.05) is 36.4 Å². The Labute approximate surface area is 109 Å². The summed E-state index contributed by atoms with van der Waals surface area (Å²) >= 11 is 0. The Morgan fingerprint density at radius 1 is 0.611 bits per heavy atom. The maximum Gasteiger partial charge on any atom is 0.0714 e. The van der Waals surface area contributed by atoms with Crippen molar-refractivity contribution < 1.29 is 0 Å². The van der Waals surface area contributed by atoms with Crippen LogP contribution in [0.25, 0.3) is 32.4 Å². The molecule has 0 spiro atoms. The van der Waals surface area contributed by atoms with Gasteiger partial charge in [-0.3, -0.25) is 4.98 Å². The van der Waals surface area contributed by atoms with Crippen molar-refractivity contribution in [1.29, 1.82) is 0 Å². The van der Waals surface area contributed by atoms with Crippen molar-refractivity contribution >= 4 is 49.3 Å².